The number of halogens is 4. The van der Waals surface area contributed by atoms with E-state index in [-0.39, 0.29) is 29.6 Å². The zero-order valence-electron chi connectivity index (χ0n) is 2.50. The Kier molecular flexibility index (Phi) is 4.04. The van der Waals surface area contributed by atoms with E-state index in [1.54, 1.807) is 0 Å². The third kappa shape index (κ3) is 91.4. The Labute approximate surface area is 65.1 Å². The molecule has 0 unspecified atom stereocenters. The van der Waals surface area contributed by atoms with Crippen LogP contribution in [0.25, 0.3) is 0 Å². The quantitative estimate of drug-likeness (QED) is 0.424. The van der Waals surface area contributed by atoms with Crippen molar-refractivity contribution in [3.63, 3.8) is 0 Å². The summed E-state index contributed by atoms with van der Waals surface area (Å²) >= 11 is -9.08. The summed E-state index contributed by atoms with van der Waals surface area (Å²) in [7, 11) is 0. The number of hydrogen-bond donors (Lipinski definition) is 0. The molecule has 0 spiro atoms. The fourth-order valence-electron chi connectivity index (χ4n) is 0. The van der Waals surface area contributed by atoms with E-state index in [1.807, 2.05) is 0 Å². The molecule has 7 heteroatoms. The Morgan fingerprint density at radius 3 is 1.00 bits per heavy atom. The van der Waals surface area contributed by atoms with Crippen molar-refractivity contribution in [2.45, 2.75) is 0 Å². The van der Waals surface area contributed by atoms with Crippen LogP contribution in [0.1, 0.15) is 0 Å². The number of hydrogen-bond acceptors (Lipinski definition) is 1. The first-order valence-electron chi connectivity index (χ1n) is 1.11. The molecule has 0 aliphatic carbocycles. The van der Waals surface area contributed by atoms with E-state index in [1.165, 1.54) is 0 Å². The van der Waals surface area contributed by atoms with Crippen LogP contribution in [-0.2, 0) is 28.9 Å². The van der Waals surface area contributed by atoms with Gasteiger partial charge in [-0.2, -0.15) is 0 Å². The molecule has 0 atom stereocenters. The van der Waals surface area contributed by atoms with Gasteiger partial charge in [0.05, 0.1) is 0 Å². The molecule has 0 rings (SSSR count). The SMILES string of the molecule is [NaH].[O]=[Y]([F])([F])([F])[F]. The summed E-state index contributed by atoms with van der Waals surface area (Å²) in [6, 6.07) is 0. The van der Waals surface area contributed by atoms with Gasteiger partial charge in [-0.3, -0.25) is 0 Å². The van der Waals surface area contributed by atoms with Gasteiger partial charge in [-0.05, 0) is 0 Å². The maximum absolute atomic E-state index is 10.0. The summed E-state index contributed by atoms with van der Waals surface area (Å²) in [6.07, 6.45) is 0. The number of rotatable bonds is 0. The molecular weight excluding hydrogens is 204 g/mol. The van der Waals surface area contributed by atoms with E-state index >= 15 is 0 Å². The summed E-state index contributed by atoms with van der Waals surface area (Å²) < 4.78 is 48.4. The van der Waals surface area contributed by atoms with Gasteiger partial charge in [-0.1, -0.05) is 0 Å². The molecule has 0 heterocycles. The van der Waals surface area contributed by atoms with Gasteiger partial charge in [0.1, 0.15) is 0 Å². The van der Waals surface area contributed by atoms with E-state index < -0.39 is 26.8 Å². The summed E-state index contributed by atoms with van der Waals surface area (Å²) in [5.41, 5.74) is 0. The van der Waals surface area contributed by atoms with Gasteiger partial charge < -0.3 is 0 Å². The first-order valence-corrected chi connectivity index (χ1v) is 6.56. The standard InChI is InChI=1S/4FH.Na.O.Y.H/h4*1H;;;;/q;;;;;;+4;/p-4. The molecule has 0 radical (unpaired) electrons. The Morgan fingerprint density at radius 1 is 1.00 bits per heavy atom. The van der Waals surface area contributed by atoms with Crippen molar-refractivity contribution in [2.24, 2.45) is 0 Å². The molecule has 0 aliphatic rings. The zero-order valence-corrected chi connectivity index (χ0v) is 5.34. The van der Waals surface area contributed by atoms with E-state index in [0.29, 0.717) is 0 Å². The van der Waals surface area contributed by atoms with Crippen molar-refractivity contribution in [2.75, 3.05) is 0 Å². The Morgan fingerprint density at radius 2 is 1.00 bits per heavy atom. The van der Waals surface area contributed by atoms with Crippen LogP contribution in [0, 0.1) is 0 Å². The fourth-order valence-corrected chi connectivity index (χ4v) is 0. The van der Waals surface area contributed by atoms with Crippen molar-refractivity contribution in [1.29, 1.82) is 0 Å². The first kappa shape index (κ1) is 11.4. The first-order chi connectivity index (χ1) is 2.24. The normalized spacial score (nSPS) is 12.7. The molecule has 7 heavy (non-hydrogen) atoms. The molecule has 0 aromatic carbocycles. The second-order valence-corrected chi connectivity index (χ2v) is 5.04. The molecule has 0 N–H and O–H groups in total. The maximum atomic E-state index is 10.0. The third-order valence-electron chi connectivity index (χ3n) is 0. The van der Waals surface area contributed by atoms with Crippen LogP contribution in [0.5, 0.6) is 0 Å². The van der Waals surface area contributed by atoms with E-state index in [9.17, 15) is 7.70 Å². The Bertz CT molecular complexity index is 89.3. The fraction of sp³-hybridized carbons (Fsp3) is 0. The van der Waals surface area contributed by atoms with Crippen LogP contribution in [0.2, 0.25) is 0 Å². The second kappa shape index (κ2) is 2.48. The van der Waals surface area contributed by atoms with Crippen LogP contribution in [-0.4, -0.2) is 29.6 Å². The van der Waals surface area contributed by atoms with Gasteiger partial charge in [0.2, 0.25) is 0 Å². The van der Waals surface area contributed by atoms with E-state index in [2.05, 4.69) is 0 Å². The van der Waals surface area contributed by atoms with Crippen LogP contribution in [0.15, 0.2) is 0 Å². The molecular formula is HF4NaOY. The molecule has 0 aromatic rings. The third-order valence-corrected chi connectivity index (χ3v) is 0. The minimum atomic E-state index is -9.08. The molecule has 1 nitrogen and oxygen atoms in total. The predicted octanol–water partition coefficient (Wildman–Crippen LogP) is 0.911. The predicted molar refractivity (Wildman–Crippen MR) is 12.3 cm³/mol. The molecule has 39 valence electrons. The van der Waals surface area contributed by atoms with Crippen LogP contribution >= 0.6 is 0 Å². The monoisotopic (exact) mass is 205 g/mol. The van der Waals surface area contributed by atoms with Crippen LogP contribution in [0.3, 0.4) is 0 Å². The van der Waals surface area contributed by atoms with Gasteiger partial charge in [-0.15, -0.1) is 0 Å². The molecule has 0 aromatic heterocycles. The molecule has 0 amide bonds. The Hall–Kier alpha value is 1.62. The Balaban J connectivity index is 0. The minimum absolute atomic E-state index is 0. The van der Waals surface area contributed by atoms with Crippen molar-refractivity contribution in [3.8, 4) is 0 Å². The second-order valence-electron chi connectivity index (χ2n) is 0.851. The zero-order chi connectivity index (χ0) is 5.45. The average molecular weight is 205 g/mol. The molecule has 0 aliphatic heterocycles. The molecule has 0 saturated heterocycles. The van der Waals surface area contributed by atoms with Crippen molar-refractivity contribution in [3.05, 3.63) is 0 Å². The molecule has 0 bridgehead atoms. The average Bonchev–Trinajstić information content (AvgIpc) is 0.650. The summed E-state index contributed by atoms with van der Waals surface area (Å²) in [4.78, 5) is 0. The van der Waals surface area contributed by atoms with Gasteiger partial charge in [0.15, 0.2) is 0 Å². The van der Waals surface area contributed by atoms with Gasteiger partial charge in [-0.25, -0.2) is 0 Å². The van der Waals surface area contributed by atoms with Crippen molar-refractivity contribution >= 4 is 29.6 Å². The summed E-state index contributed by atoms with van der Waals surface area (Å²) in [5.74, 6) is 0. The van der Waals surface area contributed by atoms with Gasteiger partial charge >= 0.3 is 66.1 Å². The summed E-state index contributed by atoms with van der Waals surface area (Å²) in [6.45, 7) is 0. The van der Waals surface area contributed by atoms with Crippen LogP contribution < -0.4 is 0 Å². The van der Waals surface area contributed by atoms with Gasteiger partial charge in [0, 0.05) is 0 Å². The van der Waals surface area contributed by atoms with Crippen LogP contribution in [0.4, 0.5) is 7.70 Å². The van der Waals surface area contributed by atoms with Crippen molar-refractivity contribution in [1.82, 2.24) is 0 Å². The van der Waals surface area contributed by atoms with Gasteiger partial charge in [0.25, 0.3) is 0 Å². The topological polar surface area (TPSA) is 17.1 Å². The van der Waals surface area contributed by atoms with Crippen molar-refractivity contribution < 1.29 is 36.6 Å². The van der Waals surface area contributed by atoms with E-state index in [4.69, 9.17) is 2.04 Å². The summed E-state index contributed by atoms with van der Waals surface area (Å²) in [5, 5.41) is 0. The van der Waals surface area contributed by atoms with E-state index in [0.717, 1.165) is 0 Å². The molecule has 0 fully saturated rings. The molecule has 0 saturated carbocycles.